The molecule has 1 amide bonds. The van der Waals surface area contributed by atoms with E-state index in [2.05, 4.69) is 0 Å². The van der Waals surface area contributed by atoms with Crippen LogP contribution in [0.4, 0.5) is 5.69 Å². The third-order valence-electron chi connectivity index (χ3n) is 3.42. The number of hydrogen-bond acceptors (Lipinski definition) is 3. The lowest BCUT2D eigenvalue weighted by Crippen LogP contribution is -2.27. The third-order valence-corrected chi connectivity index (χ3v) is 3.42. The molecule has 2 rings (SSSR count). The van der Waals surface area contributed by atoms with Gasteiger partial charge in [-0.05, 0) is 36.2 Å². The summed E-state index contributed by atoms with van der Waals surface area (Å²) in [6.07, 6.45) is 0. The van der Waals surface area contributed by atoms with Crippen LogP contribution >= 0.6 is 0 Å². The third kappa shape index (κ3) is 3.34. The van der Waals surface area contributed by atoms with Gasteiger partial charge in [0.05, 0.1) is 12.7 Å². The zero-order valence-corrected chi connectivity index (χ0v) is 12.6. The van der Waals surface area contributed by atoms with Crippen molar-refractivity contribution in [1.29, 1.82) is 0 Å². The molecule has 0 unspecified atom stereocenters. The highest BCUT2D eigenvalue weighted by molar-refractivity contribution is 6.00. The van der Waals surface area contributed by atoms with E-state index in [0.717, 1.165) is 16.9 Å². The van der Waals surface area contributed by atoms with Gasteiger partial charge in [0.2, 0.25) is 0 Å². The first-order valence-electron chi connectivity index (χ1n) is 6.76. The molecule has 21 heavy (non-hydrogen) atoms. The quantitative estimate of drug-likeness (QED) is 0.878. The number of carbonyl (C=O) groups excluding carboxylic acids is 1. The number of aryl methyl sites for hydroxylation is 1. The Hall–Kier alpha value is -2.49. The van der Waals surface area contributed by atoms with E-state index in [9.17, 15) is 4.79 Å². The van der Waals surface area contributed by atoms with Crippen LogP contribution in [0.5, 0.6) is 5.75 Å². The first-order valence-corrected chi connectivity index (χ1v) is 6.76. The van der Waals surface area contributed by atoms with E-state index in [1.54, 1.807) is 25.1 Å². The number of ether oxygens (including phenoxy) is 1. The lowest BCUT2D eigenvalue weighted by molar-refractivity contribution is 0.0785. The maximum absolute atomic E-state index is 12.6. The fraction of sp³-hybridized carbons (Fsp3) is 0.235. The van der Waals surface area contributed by atoms with Crippen LogP contribution in [0.1, 0.15) is 21.5 Å². The topological polar surface area (TPSA) is 55.6 Å². The molecule has 0 bridgehead atoms. The summed E-state index contributed by atoms with van der Waals surface area (Å²) in [6, 6.07) is 13.2. The second-order valence-corrected chi connectivity index (χ2v) is 5.05. The van der Waals surface area contributed by atoms with Crippen molar-refractivity contribution in [3.63, 3.8) is 0 Å². The molecule has 2 aromatic carbocycles. The Balaban J connectivity index is 2.19. The standard InChI is InChI=1S/C17H20N2O2/c1-12-6-4-9-15(18)16(12)17(20)19(2)11-13-7-5-8-14(10-13)21-3/h4-10H,11,18H2,1-3H3. The Morgan fingerprint density at radius 1 is 1.24 bits per heavy atom. The highest BCUT2D eigenvalue weighted by Crippen LogP contribution is 2.20. The largest absolute Gasteiger partial charge is 0.497 e. The van der Waals surface area contributed by atoms with E-state index in [-0.39, 0.29) is 5.91 Å². The van der Waals surface area contributed by atoms with E-state index >= 15 is 0 Å². The van der Waals surface area contributed by atoms with Gasteiger partial charge >= 0.3 is 0 Å². The number of benzene rings is 2. The SMILES string of the molecule is COc1cccc(CN(C)C(=O)c2c(C)cccc2N)c1. The summed E-state index contributed by atoms with van der Waals surface area (Å²) >= 11 is 0. The molecule has 0 radical (unpaired) electrons. The van der Waals surface area contributed by atoms with E-state index in [4.69, 9.17) is 10.5 Å². The number of methoxy groups -OCH3 is 1. The van der Waals surface area contributed by atoms with Crippen LogP contribution in [0.25, 0.3) is 0 Å². The first kappa shape index (κ1) is 14.9. The highest BCUT2D eigenvalue weighted by atomic mass is 16.5. The van der Waals surface area contributed by atoms with Gasteiger partial charge in [-0.3, -0.25) is 4.79 Å². The Morgan fingerprint density at radius 2 is 1.95 bits per heavy atom. The Kier molecular flexibility index (Phi) is 4.48. The van der Waals surface area contributed by atoms with Crippen LogP contribution < -0.4 is 10.5 Å². The fourth-order valence-electron chi connectivity index (χ4n) is 2.29. The minimum Gasteiger partial charge on any atom is -0.497 e. The maximum Gasteiger partial charge on any atom is 0.256 e. The van der Waals surface area contributed by atoms with Gasteiger partial charge in [0.25, 0.3) is 5.91 Å². The number of nitrogens with two attached hydrogens (primary N) is 1. The molecule has 0 heterocycles. The molecule has 0 aliphatic rings. The summed E-state index contributed by atoms with van der Waals surface area (Å²) in [5.41, 5.74) is 8.91. The molecule has 110 valence electrons. The number of rotatable bonds is 4. The molecule has 2 N–H and O–H groups in total. The van der Waals surface area contributed by atoms with Crippen molar-refractivity contribution >= 4 is 11.6 Å². The number of hydrogen-bond donors (Lipinski definition) is 1. The molecule has 4 nitrogen and oxygen atoms in total. The molecular weight excluding hydrogens is 264 g/mol. The number of amides is 1. The maximum atomic E-state index is 12.6. The number of anilines is 1. The molecule has 4 heteroatoms. The van der Waals surface area contributed by atoms with Crippen molar-refractivity contribution in [2.24, 2.45) is 0 Å². The summed E-state index contributed by atoms with van der Waals surface area (Å²) in [4.78, 5) is 14.2. The number of nitrogen functional groups attached to an aromatic ring is 1. The van der Waals surface area contributed by atoms with Crippen LogP contribution in [0.15, 0.2) is 42.5 Å². The van der Waals surface area contributed by atoms with Gasteiger partial charge < -0.3 is 15.4 Å². The molecule has 0 spiro atoms. The molecule has 0 fully saturated rings. The highest BCUT2D eigenvalue weighted by Gasteiger charge is 2.17. The average Bonchev–Trinajstić information content (AvgIpc) is 2.47. The predicted molar refractivity (Wildman–Crippen MR) is 84.4 cm³/mol. The van der Waals surface area contributed by atoms with Gasteiger partial charge in [-0.1, -0.05) is 24.3 Å². The zero-order chi connectivity index (χ0) is 15.4. The van der Waals surface area contributed by atoms with E-state index in [1.807, 2.05) is 43.3 Å². The lowest BCUT2D eigenvalue weighted by atomic mass is 10.1. The van der Waals surface area contributed by atoms with Gasteiger partial charge in [0, 0.05) is 19.3 Å². The van der Waals surface area contributed by atoms with Crippen molar-refractivity contribution in [3.8, 4) is 5.75 Å². The van der Waals surface area contributed by atoms with Gasteiger partial charge in [-0.2, -0.15) is 0 Å². The number of carbonyl (C=O) groups is 1. The van der Waals surface area contributed by atoms with Gasteiger partial charge in [-0.15, -0.1) is 0 Å². The van der Waals surface area contributed by atoms with Gasteiger partial charge in [0.15, 0.2) is 0 Å². The summed E-state index contributed by atoms with van der Waals surface area (Å²) in [7, 11) is 3.40. The second kappa shape index (κ2) is 6.31. The molecule has 0 aromatic heterocycles. The molecule has 0 atom stereocenters. The van der Waals surface area contributed by atoms with Crippen LogP contribution in [-0.4, -0.2) is 25.0 Å². The van der Waals surface area contributed by atoms with Gasteiger partial charge in [-0.25, -0.2) is 0 Å². The Morgan fingerprint density at radius 3 is 2.62 bits per heavy atom. The molecule has 0 saturated carbocycles. The molecule has 0 saturated heterocycles. The minimum absolute atomic E-state index is 0.0755. The Labute approximate surface area is 125 Å². The van der Waals surface area contributed by atoms with E-state index < -0.39 is 0 Å². The van der Waals surface area contributed by atoms with Crippen LogP contribution in [-0.2, 0) is 6.54 Å². The molecule has 0 aliphatic heterocycles. The van der Waals surface area contributed by atoms with Crippen molar-refractivity contribution in [2.75, 3.05) is 19.9 Å². The summed E-state index contributed by atoms with van der Waals surface area (Å²) in [5.74, 6) is 0.706. The minimum atomic E-state index is -0.0755. The lowest BCUT2D eigenvalue weighted by Gasteiger charge is -2.20. The zero-order valence-electron chi connectivity index (χ0n) is 12.6. The average molecular weight is 284 g/mol. The summed E-state index contributed by atoms with van der Waals surface area (Å²) < 4.78 is 5.20. The van der Waals surface area contributed by atoms with Crippen molar-refractivity contribution in [3.05, 3.63) is 59.2 Å². The predicted octanol–water partition coefficient (Wildman–Crippen LogP) is 2.86. The molecular formula is C17H20N2O2. The van der Waals surface area contributed by atoms with Crippen LogP contribution in [0.2, 0.25) is 0 Å². The normalized spacial score (nSPS) is 10.2. The molecule has 0 aliphatic carbocycles. The van der Waals surface area contributed by atoms with Crippen LogP contribution in [0.3, 0.4) is 0 Å². The molecule has 2 aromatic rings. The summed E-state index contributed by atoms with van der Waals surface area (Å²) in [6.45, 7) is 2.40. The fourth-order valence-corrected chi connectivity index (χ4v) is 2.29. The summed E-state index contributed by atoms with van der Waals surface area (Å²) in [5, 5.41) is 0. The van der Waals surface area contributed by atoms with Crippen molar-refractivity contribution in [1.82, 2.24) is 4.90 Å². The van der Waals surface area contributed by atoms with Crippen LogP contribution in [0, 0.1) is 6.92 Å². The second-order valence-electron chi connectivity index (χ2n) is 5.05. The van der Waals surface area contributed by atoms with Crippen molar-refractivity contribution in [2.45, 2.75) is 13.5 Å². The van der Waals surface area contributed by atoms with E-state index in [0.29, 0.717) is 17.8 Å². The monoisotopic (exact) mass is 284 g/mol. The van der Waals surface area contributed by atoms with E-state index in [1.165, 1.54) is 0 Å². The smallest absolute Gasteiger partial charge is 0.256 e. The number of nitrogens with zero attached hydrogens (tertiary/aromatic N) is 1. The van der Waals surface area contributed by atoms with Gasteiger partial charge in [0.1, 0.15) is 5.75 Å². The van der Waals surface area contributed by atoms with Crippen molar-refractivity contribution < 1.29 is 9.53 Å². The first-order chi connectivity index (χ1) is 10.0. The Bertz CT molecular complexity index is 633.